The second kappa shape index (κ2) is 14.5. The molecule has 1 heterocycles. The van der Waals surface area contributed by atoms with Crippen LogP contribution in [0.1, 0.15) is 127 Å². The number of rotatable bonds is 14. The van der Waals surface area contributed by atoms with E-state index in [0.717, 1.165) is 36.3 Å². The van der Waals surface area contributed by atoms with Gasteiger partial charge in [0.25, 0.3) is 0 Å². The molecule has 1 aliphatic carbocycles. The highest BCUT2D eigenvalue weighted by Crippen LogP contribution is 2.39. The van der Waals surface area contributed by atoms with Gasteiger partial charge in [-0.25, -0.2) is 14.4 Å². The molecule has 33 heavy (non-hydrogen) atoms. The van der Waals surface area contributed by atoms with E-state index in [4.69, 9.17) is 0 Å². The van der Waals surface area contributed by atoms with Crippen LogP contribution in [0.2, 0.25) is 0 Å². The van der Waals surface area contributed by atoms with E-state index < -0.39 is 0 Å². The quantitative estimate of drug-likeness (QED) is 0.267. The topological polar surface area (TPSA) is 25.8 Å². The maximum atomic E-state index is 15.0. The monoisotopic (exact) mass is 452 g/mol. The van der Waals surface area contributed by atoms with Gasteiger partial charge >= 0.3 is 0 Å². The Labute approximate surface area is 201 Å². The number of unbranched alkanes of at least 4 members (excludes halogenated alkanes) is 8. The molecule has 0 amide bonds. The summed E-state index contributed by atoms with van der Waals surface area (Å²) in [7, 11) is 0. The van der Waals surface area contributed by atoms with Gasteiger partial charge in [0.1, 0.15) is 5.82 Å². The van der Waals surface area contributed by atoms with E-state index in [2.05, 4.69) is 23.8 Å². The average Bonchev–Trinajstić information content (AvgIpc) is 2.85. The molecular formula is C30H45FN2. The fourth-order valence-electron chi connectivity index (χ4n) is 5.36. The summed E-state index contributed by atoms with van der Waals surface area (Å²) in [6, 6.07) is 5.65. The van der Waals surface area contributed by atoms with Gasteiger partial charge in [-0.15, -0.1) is 0 Å². The predicted octanol–water partition coefficient (Wildman–Crippen LogP) is 9.43. The van der Waals surface area contributed by atoms with Crippen molar-refractivity contribution in [2.45, 2.75) is 122 Å². The van der Waals surface area contributed by atoms with Crippen molar-refractivity contribution in [2.24, 2.45) is 5.92 Å². The lowest BCUT2D eigenvalue weighted by atomic mass is 9.76. The largest absolute Gasteiger partial charge is 0.236 e. The van der Waals surface area contributed by atoms with E-state index in [-0.39, 0.29) is 5.82 Å². The Morgan fingerprint density at radius 2 is 1.42 bits per heavy atom. The molecule has 0 aliphatic heterocycles. The summed E-state index contributed by atoms with van der Waals surface area (Å²) >= 11 is 0. The third kappa shape index (κ3) is 8.50. The molecule has 0 spiro atoms. The first-order valence-corrected chi connectivity index (χ1v) is 13.8. The fraction of sp³-hybridized carbons (Fsp3) is 0.667. The second-order valence-electron chi connectivity index (χ2n) is 10.2. The minimum absolute atomic E-state index is 0.0846. The Morgan fingerprint density at radius 3 is 2.09 bits per heavy atom. The van der Waals surface area contributed by atoms with E-state index in [0.29, 0.717) is 11.7 Å². The fourth-order valence-corrected chi connectivity index (χ4v) is 5.36. The predicted molar refractivity (Wildman–Crippen MR) is 138 cm³/mol. The van der Waals surface area contributed by atoms with E-state index in [1.807, 2.05) is 24.5 Å². The van der Waals surface area contributed by atoms with Crippen LogP contribution in [-0.4, -0.2) is 9.97 Å². The maximum absolute atomic E-state index is 15.0. The molecule has 0 atom stereocenters. The zero-order chi connectivity index (χ0) is 23.3. The lowest BCUT2D eigenvalue weighted by Crippen LogP contribution is -2.14. The number of halogens is 1. The van der Waals surface area contributed by atoms with Crippen molar-refractivity contribution in [2.75, 3.05) is 0 Å². The standard InChI is InChI=1S/C30H45FN2/c1-3-5-7-9-10-12-14-25-22-32-30(33-23-25)27-19-20-28(29(31)21-27)26-17-15-24(16-18-26)13-11-8-6-4-2/h19-24,26H,3-18H2,1-2H3/t24-,26-. The van der Waals surface area contributed by atoms with Crippen LogP contribution in [0.3, 0.4) is 0 Å². The van der Waals surface area contributed by atoms with Crippen LogP contribution in [0, 0.1) is 11.7 Å². The molecule has 1 saturated carbocycles. The summed E-state index contributed by atoms with van der Waals surface area (Å²) < 4.78 is 15.0. The molecule has 1 aromatic heterocycles. The number of hydrogen-bond acceptors (Lipinski definition) is 2. The summed E-state index contributed by atoms with van der Waals surface area (Å²) in [4.78, 5) is 9.07. The Bertz CT molecular complexity index is 793. The van der Waals surface area contributed by atoms with Gasteiger partial charge in [-0.05, 0) is 67.6 Å². The molecule has 1 aromatic carbocycles. The highest BCUT2D eigenvalue weighted by atomic mass is 19.1. The van der Waals surface area contributed by atoms with Crippen molar-refractivity contribution in [3.63, 3.8) is 0 Å². The van der Waals surface area contributed by atoms with Crippen LogP contribution < -0.4 is 0 Å². The molecule has 0 unspecified atom stereocenters. The maximum Gasteiger partial charge on any atom is 0.159 e. The summed E-state index contributed by atoms with van der Waals surface area (Å²) in [6.07, 6.45) is 24.1. The molecule has 182 valence electrons. The lowest BCUT2D eigenvalue weighted by molar-refractivity contribution is 0.298. The van der Waals surface area contributed by atoms with Gasteiger partial charge in [0.15, 0.2) is 5.82 Å². The van der Waals surface area contributed by atoms with Gasteiger partial charge in [-0.1, -0.05) is 90.2 Å². The first-order chi connectivity index (χ1) is 16.2. The van der Waals surface area contributed by atoms with Crippen molar-refractivity contribution in [3.05, 3.63) is 47.5 Å². The summed E-state index contributed by atoms with van der Waals surface area (Å²) in [5.41, 5.74) is 2.85. The van der Waals surface area contributed by atoms with E-state index in [9.17, 15) is 0 Å². The third-order valence-corrected chi connectivity index (χ3v) is 7.54. The Hall–Kier alpha value is -1.77. The van der Waals surface area contributed by atoms with Gasteiger partial charge < -0.3 is 0 Å². The Morgan fingerprint density at radius 1 is 0.788 bits per heavy atom. The zero-order valence-electron chi connectivity index (χ0n) is 21.1. The van der Waals surface area contributed by atoms with Crippen LogP contribution in [0.4, 0.5) is 4.39 Å². The molecular weight excluding hydrogens is 407 g/mol. The number of aromatic nitrogens is 2. The highest BCUT2D eigenvalue weighted by Gasteiger charge is 2.24. The van der Waals surface area contributed by atoms with E-state index in [1.54, 1.807) is 6.07 Å². The number of benzene rings is 1. The molecule has 3 rings (SSSR count). The zero-order valence-corrected chi connectivity index (χ0v) is 21.1. The molecule has 0 radical (unpaired) electrons. The molecule has 3 heteroatoms. The first-order valence-electron chi connectivity index (χ1n) is 13.8. The average molecular weight is 453 g/mol. The van der Waals surface area contributed by atoms with Crippen LogP contribution in [0.15, 0.2) is 30.6 Å². The van der Waals surface area contributed by atoms with E-state index >= 15 is 4.39 Å². The van der Waals surface area contributed by atoms with Gasteiger partial charge in [0, 0.05) is 18.0 Å². The Balaban J connectivity index is 1.47. The molecule has 2 aromatic rings. The highest BCUT2D eigenvalue weighted by molar-refractivity contribution is 5.55. The van der Waals surface area contributed by atoms with Crippen molar-refractivity contribution < 1.29 is 4.39 Å². The van der Waals surface area contributed by atoms with Crippen LogP contribution in [0.5, 0.6) is 0 Å². The number of nitrogens with zero attached hydrogens (tertiary/aromatic N) is 2. The van der Waals surface area contributed by atoms with Crippen LogP contribution in [-0.2, 0) is 6.42 Å². The minimum Gasteiger partial charge on any atom is -0.236 e. The van der Waals surface area contributed by atoms with Gasteiger partial charge in [-0.2, -0.15) is 0 Å². The molecule has 1 aliphatic rings. The second-order valence-corrected chi connectivity index (χ2v) is 10.2. The van der Waals surface area contributed by atoms with Gasteiger partial charge in [-0.3, -0.25) is 0 Å². The van der Waals surface area contributed by atoms with Crippen LogP contribution >= 0.6 is 0 Å². The molecule has 2 nitrogen and oxygen atoms in total. The van der Waals surface area contributed by atoms with Crippen molar-refractivity contribution in [1.29, 1.82) is 0 Å². The van der Waals surface area contributed by atoms with Crippen molar-refractivity contribution in [3.8, 4) is 11.4 Å². The Kier molecular flexibility index (Phi) is 11.3. The molecule has 1 fully saturated rings. The smallest absolute Gasteiger partial charge is 0.159 e. The van der Waals surface area contributed by atoms with Gasteiger partial charge in [0.05, 0.1) is 0 Å². The van der Waals surface area contributed by atoms with Crippen molar-refractivity contribution in [1.82, 2.24) is 9.97 Å². The third-order valence-electron chi connectivity index (χ3n) is 7.54. The summed E-state index contributed by atoms with van der Waals surface area (Å²) in [5, 5.41) is 0. The number of aryl methyl sites for hydroxylation is 1. The van der Waals surface area contributed by atoms with Crippen molar-refractivity contribution >= 4 is 0 Å². The van der Waals surface area contributed by atoms with Crippen LogP contribution in [0.25, 0.3) is 11.4 Å². The molecule has 0 saturated heterocycles. The minimum atomic E-state index is -0.0846. The molecule has 0 N–H and O–H groups in total. The normalized spacial score (nSPS) is 18.5. The van der Waals surface area contributed by atoms with E-state index in [1.165, 1.54) is 89.0 Å². The van der Waals surface area contributed by atoms with Gasteiger partial charge in [0.2, 0.25) is 0 Å². The summed E-state index contributed by atoms with van der Waals surface area (Å²) in [6.45, 7) is 4.52. The first kappa shape index (κ1) is 25.8. The SMILES string of the molecule is CCCCCCCCc1cnc(-c2ccc([C@H]3CC[C@H](CCCCCC)CC3)c(F)c2)nc1. The number of hydrogen-bond donors (Lipinski definition) is 0. The molecule has 0 bridgehead atoms. The summed E-state index contributed by atoms with van der Waals surface area (Å²) in [5.74, 6) is 1.76. The lowest BCUT2D eigenvalue weighted by Gasteiger charge is -2.29.